The van der Waals surface area contributed by atoms with Crippen LogP contribution in [0.5, 0.6) is 0 Å². The van der Waals surface area contributed by atoms with E-state index < -0.39 is 12.0 Å². The fourth-order valence-corrected chi connectivity index (χ4v) is 1.37. The summed E-state index contributed by atoms with van der Waals surface area (Å²) in [6.07, 6.45) is -2.62. The molecule has 0 fully saturated rings. The Bertz CT molecular complexity index is 348. The van der Waals surface area contributed by atoms with Crippen LogP contribution in [0, 0.1) is 10.5 Å². The molecule has 1 N–H and O–H groups in total. The van der Waals surface area contributed by atoms with Gasteiger partial charge in [-0.2, -0.15) is 0 Å². The van der Waals surface area contributed by atoms with Crippen LogP contribution in [0.2, 0.25) is 0 Å². The van der Waals surface area contributed by atoms with E-state index >= 15 is 0 Å². The topological polar surface area (TPSA) is 32.9 Å². The highest BCUT2D eigenvalue weighted by molar-refractivity contribution is 14.1. The monoisotopic (exact) mass is 285 g/mol. The van der Waals surface area contributed by atoms with Crippen molar-refractivity contribution in [1.29, 1.82) is 0 Å². The molecule has 0 amide bonds. The van der Waals surface area contributed by atoms with Gasteiger partial charge in [0, 0.05) is 9.64 Å². The van der Waals surface area contributed by atoms with Crippen molar-refractivity contribution in [3.8, 4) is 0 Å². The summed E-state index contributed by atoms with van der Waals surface area (Å²) in [6, 6.07) is 1.30. The first-order chi connectivity index (χ1) is 5.52. The molecule has 0 aromatic carbocycles. The average Bonchev–Trinajstić information content (AvgIpc) is 1.96. The van der Waals surface area contributed by atoms with Gasteiger partial charge in [0.2, 0.25) is 5.56 Å². The van der Waals surface area contributed by atoms with Crippen molar-refractivity contribution >= 4 is 22.6 Å². The molecule has 0 aliphatic rings. The van der Waals surface area contributed by atoms with Crippen molar-refractivity contribution in [3.63, 3.8) is 0 Å². The Kier molecular flexibility index (Phi) is 2.81. The summed E-state index contributed by atoms with van der Waals surface area (Å²) in [4.78, 5) is 12.9. The number of aryl methyl sites for hydroxylation is 1. The maximum absolute atomic E-state index is 12.2. The average molecular weight is 285 g/mol. The Labute approximate surface area is 81.1 Å². The van der Waals surface area contributed by atoms with Crippen LogP contribution in [0.1, 0.15) is 17.7 Å². The third-order valence-electron chi connectivity index (χ3n) is 1.41. The zero-order chi connectivity index (χ0) is 9.30. The van der Waals surface area contributed by atoms with Crippen LogP contribution in [-0.4, -0.2) is 4.98 Å². The van der Waals surface area contributed by atoms with E-state index in [1.807, 2.05) is 0 Å². The number of halogens is 3. The first-order valence-electron chi connectivity index (χ1n) is 3.20. The van der Waals surface area contributed by atoms with Gasteiger partial charge in [0.05, 0.1) is 5.69 Å². The molecule has 0 saturated carbocycles. The minimum Gasteiger partial charge on any atom is -0.320 e. The van der Waals surface area contributed by atoms with Gasteiger partial charge in [-0.25, -0.2) is 8.78 Å². The molecule has 0 radical (unpaired) electrons. The molecule has 0 aliphatic heterocycles. The van der Waals surface area contributed by atoms with Crippen molar-refractivity contribution in [2.75, 3.05) is 0 Å². The molecule has 1 heterocycles. The second-order valence-electron chi connectivity index (χ2n) is 2.34. The maximum Gasteiger partial charge on any atom is 0.279 e. The van der Waals surface area contributed by atoms with E-state index in [1.54, 1.807) is 29.5 Å². The lowest BCUT2D eigenvalue weighted by atomic mass is 10.2. The summed E-state index contributed by atoms with van der Waals surface area (Å²) in [7, 11) is 0. The molecule has 0 spiro atoms. The van der Waals surface area contributed by atoms with E-state index in [1.165, 1.54) is 6.07 Å². The number of H-pyrrole nitrogens is 1. The van der Waals surface area contributed by atoms with Gasteiger partial charge in [-0.05, 0) is 35.1 Å². The normalized spacial score (nSPS) is 10.8. The summed E-state index contributed by atoms with van der Waals surface area (Å²) in [6.45, 7) is 1.63. The first-order valence-corrected chi connectivity index (χ1v) is 4.27. The fourth-order valence-electron chi connectivity index (χ4n) is 0.846. The molecular formula is C7H6F2INO. The lowest BCUT2D eigenvalue weighted by Gasteiger charge is -2.04. The molecular weight excluding hydrogens is 279 g/mol. The number of nitrogens with one attached hydrogen (secondary N) is 1. The summed E-state index contributed by atoms with van der Waals surface area (Å²) in [5, 5.41) is 0. The highest BCUT2D eigenvalue weighted by Gasteiger charge is 2.13. The van der Waals surface area contributed by atoms with Crippen LogP contribution in [0.3, 0.4) is 0 Å². The van der Waals surface area contributed by atoms with Gasteiger partial charge in [0.25, 0.3) is 6.43 Å². The van der Waals surface area contributed by atoms with Crippen molar-refractivity contribution < 1.29 is 8.78 Å². The minimum atomic E-state index is -2.62. The van der Waals surface area contributed by atoms with Gasteiger partial charge in [-0.1, -0.05) is 0 Å². The second-order valence-corrected chi connectivity index (χ2v) is 3.42. The highest BCUT2D eigenvalue weighted by atomic mass is 127. The predicted octanol–water partition coefficient (Wildman–Crippen LogP) is 2.23. The maximum atomic E-state index is 12.2. The first kappa shape index (κ1) is 9.63. The fraction of sp³-hybridized carbons (Fsp3) is 0.286. The molecule has 1 rings (SSSR count). The molecule has 12 heavy (non-hydrogen) atoms. The molecule has 0 saturated heterocycles. The Balaban J connectivity index is 3.38. The zero-order valence-electron chi connectivity index (χ0n) is 6.20. The number of hydrogen-bond acceptors (Lipinski definition) is 1. The number of pyridine rings is 1. The third-order valence-corrected chi connectivity index (χ3v) is 2.84. The van der Waals surface area contributed by atoms with Crippen molar-refractivity contribution in [3.05, 3.63) is 31.2 Å². The molecule has 0 atom stereocenters. The third kappa shape index (κ3) is 1.82. The standard InChI is InChI=1S/C7H6F2INO/c1-3-2-4(12)11-6(5(3)10)7(8)9/h2,7H,1H3,(H,11,12). The van der Waals surface area contributed by atoms with Gasteiger partial charge in [-0.15, -0.1) is 0 Å². The van der Waals surface area contributed by atoms with Gasteiger partial charge >= 0.3 is 0 Å². The largest absolute Gasteiger partial charge is 0.320 e. The van der Waals surface area contributed by atoms with E-state index in [4.69, 9.17) is 0 Å². The minimum absolute atomic E-state index is 0.291. The number of alkyl halides is 2. The van der Waals surface area contributed by atoms with Crippen molar-refractivity contribution in [2.24, 2.45) is 0 Å². The summed E-state index contributed by atoms with van der Waals surface area (Å²) >= 11 is 1.79. The smallest absolute Gasteiger partial charge is 0.279 e. The molecule has 0 unspecified atom stereocenters. The quantitative estimate of drug-likeness (QED) is 0.788. The van der Waals surface area contributed by atoms with Gasteiger partial charge < -0.3 is 4.98 Å². The molecule has 1 aromatic rings. The second kappa shape index (κ2) is 3.51. The summed E-state index contributed by atoms with van der Waals surface area (Å²) < 4.78 is 24.8. The number of aromatic nitrogens is 1. The van der Waals surface area contributed by atoms with Crippen LogP contribution in [-0.2, 0) is 0 Å². The molecule has 5 heteroatoms. The summed E-state index contributed by atoms with van der Waals surface area (Å²) in [5.41, 5.74) is -0.196. The van der Waals surface area contributed by atoms with E-state index in [-0.39, 0.29) is 5.69 Å². The zero-order valence-corrected chi connectivity index (χ0v) is 8.35. The Morgan fingerprint density at radius 1 is 1.58 bits per heavy atom. The Morgan fingerprint density at radius 3 is 2.67 bits per heavy atom. The lowest BCUT2D eigenvalue weighted by molar-refractivity contribution is 0.144. The molecule has 0 aliphatic carbocycles. The predicted molar refractivity (Wildman–Crippen MR) is 49.5 cm³/mol. The van der Waals surface area contributed by atoms with E-state index in [0.29, 0.717) is 9.13 Å². The number of hydrogen-bond donors (Lipinski definition) is 1. The Morgan fingerprint density at radius 2 is 2.17 bits per heavy atom. The number of rotatable bonds is 1. The van der Waals surface area contributed by atoms with E-state index in [9.17, 15) is 13.6 Å². The van der Waals surface area contributed by atoms with Crippen LogP contribution >= 0.6 is 22.6 Å². The molecule has 66 valence electrons. The Hall–Kier alpha value is -0.460. The molecule has 2 nitrogen and oxygen atoms in total. The van der Waals surface area contributed by atoms with E-state index in [2.05, 4.69) is 4.98 Å². The van der Waals surface area contributed by atoms with Crippen LogP contribution < -0.4 is 5.56 Å². The van der Waals surface area contributed by atoms with Crippen molar-refractivity contribution in [1.82, 2.24) is 4.98 Å². The molecule has 1 aromatic heterocycles. The van der Waals surface area contributed by atoms with E-state index in [0.717, 1.165) is 0 Å². The molecule has 0 bridgehead atoms. The van der Waals surface area contributed by atoms with Gasteiger partial charge in [0.15, 0.2) is 0 Å². The lowest BCUT2D eigenvalue weighted by Crippen LogP contribution is -2.11. The van der Waals surface area contributed by atoms with Crippen LogP contribution in [0.4, 0.5) is 8.78 Å². The number of aromatic amines is 1. The van der Waals surface area contributed by atoms with Crippen LogP contribution in [0.15, 0.2) is 10.9 Å². The van der Waals surface area contributed by atoms with Gasteiger partial charge in [0.1, 0.15) is 0 Å². The van der Waals surface area contributed by atoms with Crippen LogP contribution in [0.25, 0.3) is 0 Å². The summed E-state index contributed by atoms with van der Waals surface area (Å²) in [5.74, 6) is 0. The van der Waals surface area contributed by atoms with Crippen molar-refractivity contribution in [2.45, 2.75) is 13.3 Å². The van der Waals surface area contributed by atoms with Gasteiger partial charge in [-0.3, -0.25) is 4.79 Å². The highest BCUT2D eigenvalue weighted by Crippen LogP contribution is 2.22. The SMILES string of the molecule is Cc1cc(=O)[nH]c(C(F)F)c1I.